The molecule has 2 N–H and O–H groups in total. The van der Waals surface area contributed by atoms with Crippen LogP contribution in [-0.2, 0) is 38.7 Å². The summed E-state index contributed by atoms with van der Waals surface area (Å²) in [6.07, 6.45) is 3.60. The molecule has 2 aromatic carbocycles. The fourth-order valence-electron chi connectivity index (χ4n) is 4.30. The smallest absolute Gasteiger partial charge is 0 e. The van der Waals surface area contributed by atoms with Crippen molar-refractivity contribution in [1.29, 1.82) is 0 Å². The van der Waals surface area contributed by atoms with Gasteiger partial charge in [-0.25, -0.2) is 0 Å². The molecule has 0 unspecified atom stereocenters. The molecular formula is C36H56F6MnN2O2P-. The number of hydrogen-bond acceptors (Lipinski definition) is 4. The first-order chi connectivity index (χ1) is 20.1. The standard InChI is InChI=1S/C36H56N2O2.F6P.Mn/c1-31(2,3)25-17-23(29(39)27(19-25)33(7,8)9)21-37-35(13,14)36(15,16)38-22-24-18-26(32(4,5)6)20-28(30(24)40)34(10,11)12;1-7(2,3,4,5)6;/h17-22,39-40H,1-16H3;;/q;-1;. The second-order valence-corrected chi connectivity index (χ2v) is 19.4. The predicted octanol–water partition coefficient (Wildman–Crippen LogP) is 12.8. The minimum atomic E-state index is -10.7. The molecule has 0 saturated carbocycles. The Balaban J connectivity index is 0.00000248. The van der Waals surface area contributed by atoms with Gasteiger partial charge in [-0.3, -0.25) is 9.98 Å². The molecule has 1 radical (unpaired) electrons. The number of halogens is 6. The van der Waals surface area contributed by atoms with Gasteiger partial charge in [-0.2, -0.15) is 0 Å². The first-order valence-electron chi connectivity index (χ1n) is 15.6. The maximum Gasteiger partial charge on any atom is 0 e. The van der Waals surface area contributed by atoms with Gasteiger partial charge in [0.1, 0.15) is 11.5 Å². The van der Waals surface area contributed by atoms with Crippen LogP contribution in [-0.4, -0.2) is 33.7 Å². The molecule has 0 saturated heterocycles. The molecule has 0 atom stereocenters. The van der Waals surface area contributed by atoms with Gasteiger partial charge in [0, 0.05) is 51.8 Å². The molecule has 0 aliphatic heterocycles. The van der Waals surface area contributed by atoms with Gasteiger partial charge in [-0.1, -0.05) is 95.2 Å². The third kappa shape index (κ3) is 14.4. The van der Waals surface area contributed by atoms with Crippen molar-refractivity contribution < 1.29 is 52.5 Å². The molecule has 4 nitrogen and oxygen atoms in total. The Hall–Kier alpha value is -2.09. The molecule has 0 bridgehead atoms. The number of phenolic OH excluding ortho intramolecular Hbond substituents is 2. The van der Waals surface area contributed by atoms with Gasteiger partial charge in [-0.05, 0) is 72.6 Å². The fraction of sp³-hybridized carbons (Fsp3) is 0.611. The van der Waals surface area contributed by atoms with Crippen molar-refractivity contribution >= 4 is 20.2 Å². The average molecular weight is 749 g/mol. The molecule has 2 rings (SSSR count). The Morgan fingerprint density at radius 2 is 0.708 bits per heavy atom. The molecule has 0 fully saturated rings. The summed E-state index contributed by atoms with van der Waals surface area (Å²) in [6, 6.07) is 8.33. The van der Waals surface area contributed by atoms with Gasteiger partial charge >= 0.3 is 33.0 Å². The number of hydrogen-bond donors (Lipinski definition) is 2. The molecule has 277 valence electrons. The Bertz CT molecular complexity index is 1410. The number of aliphatic imine (C=N–C) groups is 2. The van der Waals surface area contributed by atoms with Crippen molar-refractivity contribution in [3.63, 3.8) is 0 Å². The third-order valence-corrected chi connectivity index (χ3v) is 8.18. The van der Waals surface area contributed by atoms with Crippen molar-refractivity contribution in [2.45, 2.75) is 144 Å². The van der Waals surface area contributed by atoms with E-state index >= 15 is 0 Å². The van der Waals surface area contributed by atoms with E-state index in [1.807, 2.05) is 12.1 Å². The van der Waals surface area contributed by atoms with E-state index in [1.165, 1.54) is 0 Å². The summed E-state index contributed by atoms with van der Waals surface area (Å²) in [5.74, 6) is 0.556. The van der Waals surface area contributed by atoms with E-state index in [9.17, 15) is 35.4 Å². The summed E-state index contributed by atoms with van der Waals surface area (Å²) >= 11 is 0. The summed E-state index contributed by atoms with van der Waals surface area (Å²) in [5, 5.41) is 22.5. The Morgan fingerprint density at radius 3 is 0.896 bits per heavy atom. The van der Waals surface area contributed by atoms with Crippen LogP contribution in [0.5, 0.6) is 11.5 Å². The predicted molar refractivity (Wildman–Crippen MR) is 188 cm³/mol. The van der Waals surface area contributed by atoms with Crippen LogP contribution in [0.15, 0.2) is 34.3 Å². The summed E-state index contributed by atoms with van der Waals surface area (Å²) in [6.45, 7) is 34.0. The number of nitrogens with zero attached hydrogens (tertiary/aromatic N) is 2. The van der Waals surface area contributed by atoms with Gasteiger partial charge in [0.2, 0.25) is 0 Å². The van der Waals surface area contributed by atoms with Crippen molar-refractivity contribution in [2.24, 2.45) is 9.98 Å². The summed E-state index contributed by atoms with van der Waals surface area (Å²) < 4.78 is 59.2. The normalized spacial score (nSPS) is 15.5. The Morgan fingerprint density at radius 1 is 0.479 bits per heavy atom. The van der Waals surface area contributed by atoms with Crippen LogP contribution in [0.3, 0.4) is 0 Å². The monoisotopic (exact) mass is 748 g/mol. The van der Waals surface area contributed by atoms with Crippen LogP contribution in [0.4, 0.5) is 25.2 Å². The van der Waals surface area contributed by atoms with Crippen LogP contribution in [0, 0.1) is 0 Å². The van der Waals surface area contributed by atoms with E-state index in [2.05, 4.69) is 123 Å². The van der Waals surface area contributed by atoms with Gasteiger partial charge in [0.15, 0.2) is 0 Å². The van der Waals surface area contributed by atoms with Crippen LogP contribution >= 0.6 is 7.81 Å². The summed E-state index contributed by atoms with van der Waals surface area (Å²) in [5.41, 5.74) is 3.86. The molecule has 0 aliphatic carbocycles. The largest absolute Gasteiger partial charge is 0 e. The van der Waals surface area contributed by atoms with Crippen molar-refractivity contribution in [1.82, 2.24) is 0 Å². The van der Waals surface area contributed by atoms with E-state index < -0.39 is 18.9 Å². The van der Waals surface area contributed by atoms with Crippen LogP contribution < -0.4 is 0 Å². The van der Waals surface area contributed by atoms with Crippen LogP contribution in [0.25, 0.3) is 0 Å². The second-order valence-electron chi connectivity index (χ2n) is 17.5. The molecular weight excluding hydrogens is 692 g/mol. The summed E-state index contributed by atoms with van der Waals surface area (Å²) in [7, 11) is -10.7. The first kappa shape index (κ1) is 45.9. The van der Waals surface area contributed by atoms with E-state index in [1.54, 1.807) is 12.4 Å². The average Bonchev–Trinajstić information content (AvgIpc) is 2.77. The molecule has 0 amide bonds. The number of phenols is 2. The molecule has 0 aromatic heterocycles. The van der Waals surface area contributed by atoms with Gasteiger partial charge < -0.3 is 10.2 Å². The molecule has 2 aromatic rings. The molecule has 0 heterocycles. The third-order valence-electron chi connectivity index (χ3n) is 8.18. The zero-order chi connectivity index (χ0) is 37.7. The van der Waals surface area contributed by atoms with Crippen molar-refractivity contribution in [3.8, 4) is 11.5 Å². The number of benzene rings is 2. The zero-order valence-corrected chi connectivity index (χ0v) is 33.4. The minimum Gasteiger partial charge on any atom is 0 e. The van der Waals surface area contributed by atoms with Crippen LogP contribution in [0.1, 0.15) is 144 Å². The minimum absolute atomic E-state index is 0. The van der Waals surface area contributed by atoms with E-state index in [0.29, 0.717) is 0 Å². The fourth-order valence-corrected chi connectivity index (χ4v) is 4.30. The van der Waals surface area contributed by atoms with E-state index in [-0.39, 0.29) is 50.2 Å². The van der Waals surface area contributed by atoms with Crippen LogP contribution in [0.2, 0.25) is 0 Å². The van der Waals surface area contributed by atoms with Gasteiger partial charge in [0.25, 0.3) is 0 Å². The molecule has 0 spiro atoms. The quantitative estimate of drug-likeness (QED) is 0.138. The SMILES string of the molecule is CC(C)(C)c1cc(C=NC(C)(C)C(C)(C)N=Cc2cc(C(C)(C)C)cc(C(C)(C)C)c2O)c(O)c(C(C)(C)C)c1.F[P-](F)(F)(F)(F)F.[Mn]. The Labute approximate surface area is 294 Å². The summed E-state index contributed by atoms with van der Waals surface area (Å²) in [4.78, 5) is 9.98. The van der Waals surface area contributed by atoms with E-state index in [4.69, 9.17) is 9.98 Å². The number of rotatable bonds is 5. The maximum atomic E-state index is 11.2. The molecule has 12 heteroatoms. The number of aromatic hydroxyl groups is 2. The van der Waals surface area contributed by atoms with Crippen molar-refractivity contribution in [3.05, 3.63) is 57.6 Å². The maximum absolute atomic E-state index is 11.2. The molecule has 48 heavy (non-hydrogen) atoms. The van der Waals surface area contributed by atoms with Gasteiger partial charge in [0.05, 0.1) is 11.1 Å². The van der Waals surface area contributed by atoms with Crippen molar-refractivity contribution in [2.75, 3.05) is 0 Å². The topological polar surface area (TPSA) is 65.2 Å². The molecule has 0 aliphatic rings. The second kappa shape index (κ2) is 13.2. The van der Waals surface area contributed by atoms with Gasteiger partial charge in [-0.15, -0.1) is 0 Å². The first-order valence-corrected chi connectivity index (χ1v) is 17.6. The zero-order valence-electron chi connectivity index (χ0n) is 31.3. The Kier molecular flexibility index (Phi) is 12.7. The van der Waals surface area contributed by atoms with E-state index in [0.717, 1.165) is 33.4 Å².